The maximum atomic E-state index is 13.6. The minimum Gasteiger partial charge on any atom is -0.397 e. The number of rotatable bonds is 2. The lowest BCUT2D eigenvalue weighted by molar-refractivity contribution is 0.102. The Hall–Kier alpha value is -1.88. The molecular formula is C14H12BrFN2O. The maximum absolute atomic E-state index is 13.6. The lowest BCUT2D eigenvalue weighted by Gasteiger charge is -2.09. The molecule has 3 nitrogen and oxygen atoms in total. The van der Waals surface area contributed by atoms with Gasteiger partial charge in [-0.05, 0) is 42.8 Å². The number of hydrogen-bond acceptors (Lipinski definition) is 2. The molecule has 0 aliphatic carbocycles. The molecule has 0 aromatic heterocycles. The number of halogens is 2. The molecule has 1 amide bonds. The Morgan fingerprint density at radius 3 is 2.68 bits per heavy atom. The molecule has 0 fully saturated rings. The van der Waals surface area contributed by atoms with E-state index < -0.39 is 11.7 Å². The van der Waals surface area contributed by atoms with E-state index in [0.29, 0.717) is 15.8 Å². The molecule has 3 N–H and O–H groups in total. The number of anilines is 2. The summed E-state index contributed by atoms with van der Waals surface area (Å²) in [5.41, 5.74) is 7.67. The van der Waals surface area contributed by atoms with Crippen molar-refractivity contribution in [2.24, 2.45) is 0 Å². The van der Waals surface area contributed by atoms with Crippen molar-refractivity contribution in [1.82, 2.24) is 0 Å². The molecule has 0 bridgehead atoms. The van der Waals surface area contributed by atoms with Gasteiger partial charge < -0.3 is 11.1 Å². The van der Waals surface area contributed by atoms with Gasteiger partial charge in [0, 0.05) is 4.47 Å². The molecule has 98 valence electrons. The summed E-state index contributed by atoms with van der Waals surface area (Å²) in [6.07, 6.45) is 0. The molecule has 2 rings (SSSR count). The Balaban J connectivity index is 2.28. The zero-order valence-electron chi connectivity index (χ0n) is 10.2. The number of nitrogens with one attached hydrogen (secondary N) is 1. The molecule has 0 heterocycles. The van der Waals surface area contributed by atoms with Crippen molar-refractivity contribution in [2.75, 3.05) is 11.1 Å². The van der Waals surface area contributed by atoms with Gasteiger partial charge in [0.25, 0.3) is 5.91 Å². The fourth-order valence-corrected chi connectivity index (χ4v) is 2.02. The first-order valence-corrected chi connectivity index (χ1v) is 6.39. The zero-order chi connectivity index (χ0) is 14.0. The monoisotopic (exact) mass is 322 g/mol. The molecule has 0 aliphatic rings. The fraction of sp³-hybridized carbons (Fsp3) is 0.0714. The van der Waals surface area contributed by atoms with E-state index in [4.69, 9.17) is 5.73 Å². The van der Waals surface area contributed by atoms with Gasteiger partial charge in [-0.25, -0.2) is 4.39 Å². The van der Waals surface area contributed by atoms with Crippen LogP contribution in [-0.2, 0) is 0 Å². The van der Waals surface area contributed by atoms with Gasteiger partial charge in [0.1, 0.15) is 5.82 Å². The van der Waals surface area contributed by atoms with Crippen LogP contribution in [0.2, 0.25) is 0 Å². The van der Waals surface area contributed by atoms with E-state index in [1.807, 2.05) is 13.0 Å². The predicted molar refractivity (Wildman–Crippen MR) is 77.6 cm³/mol. The second-order valence-corrected chi connectivity index (χ2v) is 5.08. The summed E-state index contributed by atoms with van der Waals surface area (Å²) in [4.78, 5) is 12.0. The summed E-state index contributed by atoms with van der Waals surface area (Å²) in [5.74, 6) is -1.11. The van der Waals surface area contributed by atoms with Crippen molar-refractivity contribution >= 4 is 33.2 Å². The van der Waals surface area contributed by atoms with Crippen LogP contribution in [0, 0.1) is 12.7 Å². The number of carbonyl (C=O) groups is 1. The molecule has 0 aliphatic heterocycles. The molecule has 0 saturated carbocycles. The third kappa shape index (κ3) is 3.12. The largest absolute Gasteiger partial charge is 0.397 e. The topological polar surface area (TPSA) is 55.1 Å². The van der Waals surface area contributed by atoms with Crippen LogP contribution < -0.4 is 11.1 Å². The van der Waals surface area contributed by atoms with Crippen LogP contribution in [0.25, 0.3) is 0 Å². The minimum absolute atomic E-state index is 0.0330. The highest BCUT2D eigenvalue weighted by Gasteiger charge is 2.13. The lowest BCUT2D eigenvalue weighted by Crippen LogP contribution is -2.15. The normalized spacial score (nSPS) is 10.3. The summed E-state index contributed by atoms with van der Waals surface area (Å²) < 4.78 is 14.2. The van der Waals surface area contributed by atoms with Gasteiger partial charge in [-0.3, -0.25) is 4.79 Å². The average molecular weight is 323 g/mol. The van der Waals surface area contributed by atoms with Crippen LogP contribution in [0.4, 0.5) is 15.8 Å². The molecule has 0 spiro atoms. The summed E-state index contributed by atoms with van der Waals surface area (Å²) in [7, 11) is 0. The summed E-state index contributed by atoms with van der Waals surface area (Å²) >= 11 is 3.20. The SMILES string of the molecule is Cc1ccc(NC(=O)c2cc(Br)ccc2F)c(N)c1. The van der Waals surface area contributed by atoms with Crippen molar-refractivity contribution in [2.45, 2.75) is 6.92 Å². The van der Waals surface area contributed by atoms with Gasteiger partial charge >= 0.3 is 0 Å². The highest BCUT2D eigenvalue weighted by atomic mass is 79.9. The number of nitrogen functional groups attached to an aromatic ring is 1. The lowest BCUT2D eigenvalue weighted by atomic mass is 10.1. The van der Waals surface area contributed by atoms with Gasteiger partial charge in [0.2, 0.25) is 0 Å². The molecule has 0 atom stereocenters. The smallest absolute Gasteiger partial charge is 0.258 e. The van der Waals surface area contributed by atoms with Crippen molar-refractivity contribution in [3.05, 3.63) is 57.8 Å². The van der Waals surface area contributed by atoms with E-state index in [1.54, 1.807) is 12.1 Å². The van der Waals surface area contributed by atoms with Crippen molar-refractivity contribution < 1.29 is 9.18 Å². The van der Waals surface area contributed by atoms with Crippen LogP contribution >= 0.6 is 15.9 Å². The molecule has 2 aromatic carbocycles. The molecule has 0 unspecified atom stereocenters. The predicted octanol–water partition coefficient (Wildman–Crippen LogP) is 3.73. The molecule has 0 saturated heterocycles. The van der Waals surface area contributed by atoms with Crippen LogP contribution in [0.1, 0.15) is 15.9 Å². The number of carbonyl (C=O) groups excluding carboxylic acids is 1. The highest BCUT2D eigenvalue weighted by Crippen LogP contribution is 2.22. The van der Waals surface area contributed by atoms with E-state index in [0.717, 1.165) is 5.56 Å². The summed E-state index contributed by atoms with van der Waals surface area (Å²) in [6, 6.07) is 9.45. The Kier molecular flexibility index (Phi) is 3.85. The molecule has 0 radical (unpaired) electrons. The maximum Gasteiger partial charge on any atom is 0.258 e. The van der Waals surface area contributed by atoms with Gasteiger partial charge in [0.05, 0.1) is 16.9 Å². The Bertz CT molecular complexity index is 643. The van der Waals surface area contributed by atoms with Crippen molar-refractivity contribution in [1.29, 1.82) is 0 Å². The first-order chi connectivity index (χ1) is 8.97. The number of nitrogens with two attached hydrogens (primary N) is 1. The fourth-order valence-electron chi connectivity index (χ4n) is 1.66. The molecule has 19 heavy (non-hydrogen) atoms. The molecule has 2 aromatic rings. The summed E-state index contributed by atoms with van der Waals surface area (Å²) in [5, 5.41) is 2.60. The third-order valence-corrected chi connectivity index (χ3v) is 3.12. The zero-order valence-corrected chi connectivity index (χ0v) is 11.8. The van der Waals surface area contributed by atoms with E-state index in [1.165, 1.54) is 18.2 Å². The number of amides is 1. The van der Waals surface area contributed by atoms with Gasteiger partial charge in [-0.2, -0.15) is 0 Å². The van der Waals surface area contributed by atoms with E-state index in [2.05, 4.69) is 21.2 Å². The van der Waals surface area contributed by atoms with Gasteiger partial charge in [0.15, 0.2) is 0 Å². The second kappa shape index (κ2) is 5.40. The highest BCUT2D eigenvalue weighted by molar-refractivity contribution is 9.10. The van der Waals surface area contributed by atoms with Crippen LogP contribution in [0.3, 0.4) is 0 Å². The van der Waals surface area contributed by atoms with E-state index in [9.17, 15) is 9.18 Å². The average Bonchev–Trinajstić information content (AvgIpc) is 2.35. The van der Waals surface area contributed by atoms with Crippen molar-refractivity contribution in [3.63, 3.8) is 0 Å². The van der Waals surface area contributed by atoms with Gasteiger partial charge in [-0.15, -0.1) is 0 Å². The Morgan fingerprint density at radius 1 is 1.26 bits per heavy atom. The quantitative estimate of drug-likeness (QED) is 0.828. The summed E-state index contributed by atoms with van der Waals surface area (Å²) in [6.45, 7) is 1.90. The number of aryl methyl sites for hydroxylation is 1. The van der Waals surface area contributed by atoms with Crippen molar-refractivity contribution in [3.8, 4) is 0 Å². The third-order valence-electron chi connectivity index (χ3n) is 2.63. The van der Waals surface area contributed by atoms with Gasteiger partial charge in [-0.1, -0.05) is 22.0 Å². The van der Waals surface area contributed by atoms with E-state index in [-0.39, 0.29) is 5.56 Å². The number of benzene rings is 2. The minimum atomic E-state index is -0.577. The molecular weight excluding hydrogens is 311 g/mol. The first kappa shape index (κ1) is 13.5. The standard InChI is InChI=1S/C14H12BrFN2O/c1-8-2-5-13(12(17)6-8)18-14(19)10-7-9(15)3-4-11(10)16/h2-7H,17H2,1H3,(H,18,19). The Morgan fingerprint density at radius 2 is 2.00 bits per heavy atom. The Labute approximate surface area is 118 Å². The van der Waals surface area contributed by atoms with Crippen LogP contribution in [0.15, 0.2) is 40.9 Å². The van der Waals surface area contributed by atoms with Crippen LogP contribution in [-0.4, -0.2) is 5.91 Å². The molecule has 5 heteroatoms. The first-order valence-electron chi connectivity index (χ1n) is 5.60. The second-order valence-electron chi connectivity index (χ2n) is 4.17. The number of hydrogen-bond donors (Lipinski definition) is 2. The van der Waals surface area contributed by atoms with E-state index >= 15 is 0 Å². The van der Waals surface area contributed by atoms with Crippen LogP contribution in [0.5, 0.6) is 0 Å².